The molecule has 0 aliphatic carbocycles. The Balaban J connectivity index is 1.65. The Morgan fingerprint density at radius 3 is 2.69 bits per heavy atom. The number of fused-ring (bicyclic) bond motifs is 2. The fourth-order valence-corrected chi connectivity index (χ4v) is 4.27. The lowest BCUT2D eigenvalue weighted by atomic mass is 10.1. The zero-order valence-electron chi connectivity index (χ0n) is 16.4. The van der Waals surface area contributed by atoms with Gasteiger partial charge in [-0.15, -0.1) is 5.11 Å². The van der Waals surface area contributed by atoms with Crippen molar-refractivity contribution >= 4 is 43.8 Å². The summed E-state index contributed by atoms with van der Waals surface area (Å²) in [6.45, 7) is 1.64. The van der Waals surface area contributed by atoms with E-state index in [0.717, 1.165) is 28.4 Å². The van der Waals surface area contributed by atoms with Gasteiger partial charge in [-0.1, -0.05) is 41.9 Å². The number of phenols is 1. The van der Waals surface area contributed by atoms with Crippen molar-refractivity contribution in [2.75, 3.05) is 20.6 Å². The van der Waals surface area contributed by atoms with Gasteiger partial charge in [0.2, 0.25) is 0 Å². The molecule has 3 aromatic carbocycles. The van der Waals surface area contributed by atoms with Crippen LogP contribution in [-0.2, 0) is 6.54 Å². The second kappa shape index (κ2) is 8.14. The van der Waals surface area contributed by atoms with Crippen LogP contribution in [0.15, 0.2) is 69.6 Å². The highest BCUT2D eigenvalue weighted by molar-refractivity contribution is 7.13. The zero-order valence-corrected chi connectivity index (χ0v) is 17.2. The van der Waals surface area contributed by atoms with Gasteiger partial charge in [-0.05, 0) is 56.7 Å². The number of aromatic hydroxyl groups is 1. The normalized spacial score (nSPS) is 12.0. The number of benzene rings is 3. The minimum absolute atomic E-state index is 0.00816. The molecule has 0 spiro atoms. The predicted molar refractivity (Wildman–Crippen MR) is 119 cm³/mol. The summed E-state index contributed by atoms with van der Waals surface area (Å²) >= 11 is 1.48. The molecular formula is C22H22N4O2S. The topological polar surface area (TPSA) is 70.2 Å². The molecule has 0 amide bonds. The highest BCUT2D eigenvalue weighted by Crippen LogP contribution is 2.36. The van der Waals surface area contributed by atoms with Gasteiger partial charge in [0.15, 0.2) is 0 Å². The number of rotatable bonds is 6. The minimum atomic E-state index is 0.00816. The Hall–Kier alpha value is -3.03. The van der Waals surface area contributed by atoms with Crippen LogP contribution in [0.25, 0.3) is 20.9 Å². The molecule has 0 aliphatic heterocycles. The van der Waals surface area contributed by atoms with Crippen molar-refractivity contribution in [1.82, 2.24) is 8.86 Å². The molecule has 7 heteroatoms. The molecule has 1 N–H and O–H groups in total. The highest BCUT2D eigenvalue weighted by Gasteiger charge is 2.09. The second-order valence-corrected chi connectivity index (χ2v) is 8.25. The molecule has 29 heavy (non-hydrogen) atoms. The average Bonchev–Trinajstić information content (AvgIpc) is 3.02. The Morgan fingerprint density at radius 1 is 1.03 bits per heavy atom. The number of azo groups is 1. The van der Waals surface area contributed by atoms with Gasteiger partial charge in [0.1, 0.15) is 11.4 Å². The molecule has 1 heterocycles. The van der Waals surface area contributed by atoms with Crippen molar-refractivity contribution in [3.8, 4) is 5.75 Å². The van der Waals surface area contributed by atoms with Crippen molar-refractivity contribution in [3.05, 3.63) is 65.0 Å². The Morgan fingerprint density at radius 2 is 1.86 bits per heavy atom. The van der Waals surface area contributed by atoms with E-state index < -0.39 is 0 Å². The van der Waals surface area contributed by atoms with E-state index in [1.54, 1.807) is 16.1 Å². The lowest BCUT2D eigenvalue weighted by molar-refractivity contribution is 0.389. The maximum absolute atomic E-state index is 12.7. The molecule has 0 unspecified atom stereocenters. The molecule has 0 aliphatic rings. The number of hydrogen-bond acceptors (Lipinski definition) is 6. The summed E-state index contributed by atoms with van der Waals surface area (Å²) in [5, 5.41) is 21.2. The van der Waals surface area contributed by atoms with Crippen LogP contribution in [0.2, 0.25) is 0 Å². The maximum Gasteiger partial charge on any atom is 0.268 e. The standard InChI is InChI=1S/C22H22N4O2S/c1-25(2)12-5-13-26-22(28)18-14-16(9-11-20(18)29-26)23-24-21-17-7-4-3-6-15(17)8-10-19(21)27/h3-4,6-11,14,27H,5,12-13H2,1-2H3. The first-order valence-corrected chi connectivity index (χ1v) is 10.2. The fourth-order valence-electron chi connectivity index (χ4n) is 3.26. The molecule has 0 saturated carbocycles. The third kappa shape index (κ3) is 4.06. The maximum atomic E-state index is 12.7. The molecule has 0 bridgehead atoms. The first kappa shape index (κ1) is 19.3. The van der Waals surface area contributed by atoms with Gasteiger partial charge >= 0.3 is 0 Å². The Bertz CT molecular complexity index is 1260. The molecule has 0 saturated heterocycles. The molecular weight excluding hydrogens is 384 g/mol. The van der Waals surface area contributed by atoms with Crippen LogP contribution in [0, 0.1) is 0 Å². The van der Waals surface area contributed by atoms with Gasteiger partial charge in [0, 0.05) is 11.9 Å². The van der Waals surface area contributed by atoms with Crippen LogP contribution in [-0.4, -0.2) is 34.6 Å². The Kier molecular flexibility index (Phi) is 5.42. The van der Waals surface area contributed by atoms with Crippen LogP contribution in [0.1, 0.15) is 6.42 Å². The monoisotopic (exact) mass is 406 g/mol. The van der Waals surface area contributed by atoms with Crippen molar-refractivity contribution < 1.29 is 5.11 Å². The molecule has 0 radical (unpaired) electrons. The molecule has 4 aromatic rings. The molecule has 0 fully saturated rings. The van der Waals surface area contributed by atoms with Gasteiger partial charge in [-0.3, -0.25) is 8.75 Å². The van der Waals surface area contributed by atoms with Crippen LogP contribution in [0.4, 0.5) is 11.4 Å². The van der Waals surface area contributed by atoms with Crippen molar-refractivity contribution in [3.63, 3.8) is 0 Å². The van der Waals surface area contributed by atoms with Crippen LogP contribution >= 0.6 is 11.5 Å². The summed E-state index contributed by atoms with van der Waals surface area (Å²) in [6.07, 6.45) is 0.923. The highest BCUT2D eigenvalue weighted by atomic mass is 32.1. The largest absolute Gasteiger partial charge is 0.506 e. The zero-order chi connectivity index (χ0) is 20.4. The van der Waals surface area contributed by atoms with E-state index in [0.29, 0.717) is 23.3 Å². The van der Waals surface area contributed by atoms with E-state index in [1.165, 1.54) is 11.5 Å². The summed E-state index contributed by atoms with van der Waals surface area (Å²) in [4.78, 5) is 14.8. The number of aryl methyl sites for hydroxylation is 1. The average molecular weight is 407 g/mol. The molecule has 1 aromatic heterocycles. The summed E-state index contributed by atoms with van der Waals surface area (Å²) < 4.78 is 2.73. The van der Waals surface area contributed by atoms with Gasteiger partial charge in [-0.25, -0.2) is 0 Å². The molecule has 6 nitrogen and oxygen atoms in total. The summed E-state index contributed by atoms with van der Waals surface area (Å²) in [5.74, 6) is 0.0762. The lowest BCUT2D eigenvalue weighted by Gasteiger charge is -2.08. The number of aromatic nitrogens is 1. The molecule has 148 valence electrons. The van der Waals surface area contributed by atoms with Crippen molar-refractivity contribution in [2.24, 2.45) is 10.2 Å². The smallest absolute Gasteiger partial charge is 0.268 e. The quantitative estimate of drug-likeness (QED) is 0.442. The minimum Gasteiger partial charge on any atom is -0.506 e. The molecule has 4 rings (SSSR count). The summed E-state index contributed by atoms with van der Waals surface area (Å²) in [6, 6.07) is 16.7. The van der Waals surface area contributed by atoms with E-state index >= 15 is 0 Å². The van der Waals surface area contributed by atoms with Crippen LogP contribution in [0.3, 0.4) is 0 Å². The van der Waals surface area contributed by atoms with Crippen LogP contribution < -0.4 is 5.56 Å². The fraction of sp³-hybridized carbons (Fsp3) is 0.227. The SMILES string of the molecule is CN(C)CCCn1sc2ccc(N=Nc3c(O)ccc4ccccc34)cc2c1=O. The predicted octanol–water partition coefficient (Wildman–Crippen LogP) is 5.29. The van der Waals surface area contributed by atoms with E-state index in [1.807, 2.05) is 56.6 Å². The van der Waals surface area contributed by atoms with E-state index in [9.17, 15) is 9.90 Å². The Labute approximate surface area is 172 Å². The lowest BCUT2D eigenvalue weighted by Crippen LogP contribution is -2.18. The van der Waals surface area contributed by atoms with E-state index in [4.69, 9.17) is 0 Å². The third-order valence-electron chi connectivity index (χ3n) is 4.74. The molecule has 0 atom stereocenters. The third-order valence-corrected chi connectivity index (χ3v) is 5.86. The van der Waals surface area contributed by atoms with Gasteiger partial charge in [0.05, 0.1) is 15.8 Å². The van der Waals surface area contributed by atoms with Gasteiger partial charge in [0.25, 0.3) is 5.56 Å². The number of nitrogens with zero attached hydrogens (tertiary/aromatic N) is 4. The van der Waals surface area contributed by atoms with Crippen molar-refractivity contribution in [2.45, 2.75) is 13.0 Å². The van der Waals surface area contributed by atoms with Gasteiger partial charge < -0.3 is 10.0 Å². The van der Waals surface area contributed by atoms with Crippen LogP contribution in [0.5, 0.6) is 5.75 Å². The first-order chi connectivity index (χ1) is 14.0. The van der Waals surface area contributed by atoms with E-state index in [2.05, 4.69) is 15.1 Å². The van der Waals surface area contributed by atoms with Gasteiger partial charge in [-0.2, -0.15) is 5.11 Å². The van der Waals surface area contributed by atoms with Crippen molar-refractivity contribution in [1.29, 1.82) is 0 Å². The second-order valence-electron chi connectivity index (χ2n) is 7.19. The summed E-state index contributed by atoms with van der Waals surface area (Å²) in [7, 11) is 4.05. The first-order valence-electron chi connectivity index (χ1n) is 9.44. The summed E-state index contributed by atoms with van der Waals surface area (Å²) in [5.41, 5.74) is 1.02. The number of phenolic OH excluding ortho intramolecular Hbond substituents is 1. The van der Waals surface area contributed by atoms with E-state index in [-0.39, 0.29) is 11.3 Å². The number of hydrogen-bond donors (Lipinski definition) is 1.